The predicted molar refractivity (Wildman–Crippen MR) is 78.0 cm³/mol. The van der Waals surface area contributed by atoms with Gasteiger partial charge >= 0.3 is 0 Å². The highest BCUT2D eigenvalue weighted by molar-refractivity contribution is 5.91. The van der Waals surface area contributed by atoms with Crippen LogP contribution in [0, 0.1) is 0 Å². The summed E-state index contributed by atoms with van der Waals surface area (Å²) in [5.41, 5.74) is 0.851. The molecule has 1 saturated heterocycles. The van der Waals surface area contributed by atoms with E-state index < -0.39 is 6.04 Å². The Labute approximate surface area is 120 Å². The second-order valence-electron chi connectivity index (χ2n) is 5.16. The van der Waals surface area contributed by atoms with Crippen molar-refractivity contribution in [3.63, 3.8) is 0 Å². The van der Waals surface area contributed by atoms with Crippen LogP contribution in [-0.2, 0) is 9.59 Å². The van der Waals surface area contributed by atoms with Crippen molar-refractivity contribution in [1.82, 2.24) is 10.2 Å². The number of benzene rings is 1. The van der Waals surface area contributed by atoms with Gasteiger partial charge in [0.1, 0.15) is 6.04 Å². The Morgan fingerprint density at radius 2 is 1.85 bits per heavy atom. The van der Waals surface area contributed by atoms with E-state index >= 15 is 0 Å². The molecule has 108 valence electrons. The molecule has 1 N–H and O–H groups in total. The maximum Gasteiger partial charge on any atom is 0.250 e. The van der Waals surface area contributed by atoms with Crippen LogP contribution in [0.4, 0.5) is 0 Å². The van der Waals surface area contributed by atoms with Crippen LogP contribution < -0.4 is 5.32 Å². The van der Waals surface area contributed by atoms with Crippen molar-refractivity contribution in [2.24, 2.45) is 0 Å². The van der Waals surface area contributed by atoms with Crippen LogP contribution in [0.15, 0.2) is 30.3 Å². The number of nitrogens with zero attached hydrogens (tertiary/aromatic N) is 1. The molecule has 4 heteroatoms. The van der Waals surface area contributed by atoms with E-state index in [1.807, 2.05) is 35.2 Å². The highest BCUT2D eigenvalue weighted by Crippen LogP contribution is 2.22. The van der Waals surface area contributed by atoms with Crippen LogP contribution in [-0.4, -0.2) is 29.3 Å². The van der Waals surface area contributed by atoms with Crippen LogP contribution in [0.2, 0.25) is 0 Å². The lowest BCUT2D eigenvalue weighted by Gasteiger charge is -2.31. The van der Waals surface area contributed by atoms with Crippen LogP contribution in [0.3, 0.4) is 0 Å². The summed E-state index contributed by atoms with van der Waals surface area (Å²) in [5, 5.41) is 2.85. The van der Waals surface area contributed by atoms with Crippen molar-refractivity contribution in [1.29, 1.82) is 0 Å². The molecule has 0 saturated carbocycles. The third kappa shape index (κ3) is 3.00. The number of amides is 2. The molecule has 1 unspecified atom stereocenters. The molecule has 0 aromatic heterocycles. The van der Waals surface area contributed by atoms with Crippen LogP contribution in [0.25, 0.3) is 0 Å². The molecular formula is C16H22N2O2. The molecular weight excluding hydrogens is 252 g/mol. The zero-order chi connectivity index (χ0) is 14.5. The van der Waals surface area contributed by atoms with E-state index in [-0.39, 0.29) is 17.9 Å². The number of carbonyl (C=O) groups excluding carboxylic acids is 2. The minimum Gasteiger partial charge on any atom is -0.340 e. The van der Waals surface area contributed by atoms with E-state index in [0.29, 0.717) is 13.0 Å². The molecule has 1 aromatic rings. The van der Waals surface area contributed by atoms with Crippen LogP contribution in [0.1, 0.15) is 44.7 Å². The summed E-state index contributed by atoms with van der Waals surface area (Å²) in [6, 6.07) is 9.12. The molecule has 1 heterocycles. The number of rotatable bonds is 4. The topological polar surface area (TPSA) is 49.4 Å². The molecule has 4 nitrogen and oxygen atoms in total. The normalized spacial score (nSPS) is 19.9. The number of carbonyl (C=O) groups is 2. The molecule has 0 aliphatic carbocycles. The monoisotopic (exact) mass is 274 g/mol. The molecule has 1 aliphatic rings. The third-order valence-electron chi connectivity index (χ3n) is 3.93. The van der Waals surface area contributed by atoms with Crippen molar-refractivity contribution in [2.75, 3.05) is 6.54 Å². The molecule has 0 radical (unpaired) electrons. The van der Waals surface area contributed by atoms with Gasteiger partial charge in [0, 0.05) is 19.0 Å². The summed E-state index contributed by atoms with van der Waals surface area (Å²) in [4.78, 5) is 26.5. The second kappa shape index (κ2) is 6.55. The first kappa shape index (κ1) is 14.6. The average molecular weight is 274 g/mol. The zero-order valence-corrected chi connectivity index (χ0v) is 12.1. The number of hydrogen-bond donors (Lipinski definition) is 1. The minimum absolute atomic E-state index is 0.00995. The van der Waals surface area contributed by atoms with Crippen molar-refractivity contribution < 1.29 is 9.59 Å². The lowest BCUT2D eigenvalue weighted by Crippen LogP contribution is -2.43. The molecule has 2 rings (SSSR count). The van der Waals surface area contributed by atoms with Crippen molar-refractivity contribution in [3.05, 3.63) is 35.9 Å². The van der Waals surface area contributed by atoms with Crippen molar-refractivity contribution in [2.45, 2.75) is 45.2 Å². The van der Waals surface area contributed by atoms with Gasteiger partial charge in [-0.05, 0) is 18.4 Å². The van der Waals surface area contributed by atoms with E-state index in [1.165, 1.54) is 0 Å². The van der Waals surface area contributed by atoms with E-state index in [0.717, 1.165) is 18.4 Å². The van der Waals surface area contributed by atoms with Crippen LogP contribution >= 0.6 is 0 Å². The molecule has 1 atom stereocenters. The minimum atomic E-state index is -0.549. The fraction of sp³-hybridized carbons (Fsp3) is 0.500. The van der Waals surface area contributed by atoms with E-state index in [4.69, 9.17) is 0 Å². The molecule has 1 aliphatic heterocycles. The fourth-order valence-corrected chi connectivity index (χ4v) is 2.76. The van der Waals surface area contributed by atoms with Gasteiger partial charge in [0.05, 0.1) is 0 Å². The fourth-order valence-electron chi connectivity index (χ4n) is 2.76. The van der Waals surface area contributed by atoms with Crippen molar-refractivity contribution >= 4 is 11.8 Å². The lowest BCUT2D eigenvalue weighted by molar-refractivity contribution is -0.135. The summed E-state index contributed by atoms with van der Waals surface area (Å²) in [6.07, 6.45) is 2.21. The first-order valence-electron chi connectivity index (χ1n) is 7.32. The summed E-state index contributed by atoms with van der Waals surface area (Å²) in [6.45, 7) is 4.68. The van der Waals surface area contributed by atoms with Gasteiger partial charge in [-0.3, -0.25) is 9.59 Å². The van der Waals surface area contributed by atoms with Gasteiger partial charge in [-0.2, -0.15) is 0 Å². The standard InChI is InChI=1S/C16H22N2O2/c1-3-13(4-2)18-11-10-14(19)17-15(16(18)20)12-8-6-5-7-9-12/h5-9,13,15H,3-4,10-11H2,1-2H3,(H,17,19). The van der Waals surface area contributed by atoms with Gasteiger partial charge in [0.25, 0.3) is 0 Å². The summed E-state index contributed by atoms with van der Waals surface area (Å²) in [5.74, 6) is -0.0450. The Morgan fingerprint density at radius 1 is 1.20 bits per heavy atom. The van der Waals surface area contributed by atoms with Gasteiger partial charge < -0.3 is 10.2 Å². The molecule has 2 amide bonds. The quantitative estimate of drug-likeness (QED) is 0.915. The lowest BCUT2D eigenvalue weighted by atomic mass is 10.0. The predicted octanol–water partition coefficient (Wildman–Crippen LogP) is 2.26. The molecule has 0 bridgehead atoms. The van der Waals surface area contributed by atoms with Gasteiger partial charge in [-0.1, -0.05) is 44.2 Å². The highest BCUT2D eigenvalue weighted by atomic mass is 16.2. The Balaban J connectivity index is 2.30. The summed E-state index contributed by atoms with van der Waals surface area (Å²) >= 11 is 0. The Morgan fingerprint density at radius 3 is 2.45 bits per heavy atom. The summed E-state index contributed by atoms with van der Waals surface area (Å²) < 4.78 is 0. The van der Waals surface area contributed by atoms with E-state index in [9.17, 15) is 9.59 Å². The smallest absolute Gasteiger partial charge is 0.250 e. The summed E-state index contributed by atoms with van der Waals surface area (Å²) in [7, 11) is 0. The zero-order valence-electron chi connectivity index (χ0n) is 12.1. The second-order valence-corrected chi connectivity index (χ2v) is 5.16. The SMILES string of the molecule is CCC(CC)N1CCC(=O)NC(c2ccccc2)C1=O. The van der Waals surface area contributed by atoms with Gasteiger partial charge in [0.15, 0.2) is 0 Å². The molecule has 0 spiro atoms. The van der Waals surface area contributed by atoms with Gasteiger partial charge in [0.2, 0.25) is 11.8 Å². The maximum atomic E-state index is 12.8. The Kier molecular flexibility index (Phi) is 4.77. The van der Waals surface area contributed by atoms with Gasteiger partial charge in [-0.25, -0.2) is 0 Å². The molecule has 1 fully saturated rings. The first-order valence-corrected chi connectivity index (χ1v) is 7.32. The molecule has 1 aromatic carbocycles. The average Bonchev–Trinajstić information content (AvgIpc) is 2.62. The van der Waals surface area contributed by atoms with E-state index in [1.54, 1.807) is 0 Å². The third-order valence-corrected chi connectivity index (χ3v) is 3.93. The van der Waals surface area contributed by atoms with Crippen LogP contribution in [0.5, 0.6) is 0 Å². The Bertz CT molecular complexity index is 469. The number of hydrogen-bond acceptors (Lipinski definition) is 2. The highest BCUT2D eigenvalue weighted by Gasteiger charge is 2.33. The molecule has 20 heavy (non-hydrogen) atoms. The largest absolute Gasteiger partial charge is 0.340 e. The van der Waals surface area contributed by atoms with Crippen molar-refractivity contribution in [3.8, 4) is 0 Å². The maximum absolute atomic E-state index is 12.8. The number of nitrogens with one attached hydrogen (secondary N) is 1. The van der Waals surface area contributed by atoms with E-state index in [2.05, 4.69) is 19.2 Å². The first-order chi connectivity index (χ1) is 9.67. The Hall–Kier alpha value is -1.84. The van der Waals surface area contributed by atoms with Gasteiger partial charge in [-0.15, -0.1) is 0 Å².